The van der Waals surface area contributed by atoms with E-state index in [0.29, 0.717) is 34.0 Å². The van der Waals surface area contributed by atoms with Crippen molar-refractivity contribution in [2.45, 2.75) is 13.5 Å². The number of rotatable bonds is 6. The summed E-state index contributed by atoms with van der Waals surface area (Å²) >= 11 is 3.57. The van der Waals surface area contributed by atoms with Gasteiger partial charge in [0.15, 0.2) is 11.5 Å². The van der Waals surface area contributed by atoms with Gasteiger partial charge in [-0.05, 0) is 48.9 Å². The average Bonchev–Trinajstić information content (AvgIpc) is 3.13. The van der Waals surface area contributed by atoms with Crippen LogP contribution in [0, 0.1) is 11.3 Å². The minimum atomic E-state index is -0.196. The van der Waals surface area contributed by atoms with Gasteiger partial charge in [0.2, 0.25) is 0 Å². The van der Waals surface area contributed by atoms with Crippen LogP contribution >= 0.6 is 15.9 Å². The number of nitrogens with zero attached hydrogens (tertiary/aromatic N) is 3. The lowest BCUT2D eigenvalue weighted by molar-refractivity contribution is -0.114. The minimum absolute atomic E-state index is 0.196. The normalized spacial score (nSPS) is 14.2. The lowest BCUT2D eigenvalue weighted by Crippen LogP contribution is -2.21. The summed E-state index contributed by atoms with van der Waals surface area (Å²) in [6.45, 7) is 2.03. The summed E-state index contributed by atoms with van der Waals surface area (Å²) in [6.07, 6.45) is 1.78. The molecule has 0 fully saturated rings. The first-order valence-corrected chi connectivity index (χ1v) is 11.0. The van der Waals surface area contributed by atoms with Crippen molar-refractivity contribution in [1.82, 2.24) is 0 Å². The third-order valence-electron chi connectivity index (χ3n) is 5.17. The van der Waals surface area contributed by atoms with Gasteiger partial charge in [-0.3, -0.25) is 4.79 Å². The molecule has 3 aromatic carbocycles. The van der Waals surface area contributed by atoms with Crippen molar-refractivity contribution in [1.29, 1.82) is 5.26 Å². The maximum absolute atomic E-state index is 13.0. The number of amides is 1. The Kier molecular flexibility index (Phi) is 6.57. The van der Waals surface area contributed by atoms with Crippen LogP contribution in [0.25, 0.3) is 6.08 Å². The number of nitriles is 1. The molecule has 0 radical (unpaired) electrons. The van der Waals surface area contributed by atoms with Crippen molar-refractivity contribution in [3.05, 3.63) is 93.5 Å². The van der Waals surface area contributed by atoms with Gasteiger partial charge < -0.3 is 9.47 Å². The Bertz CT molecular complexity index is 1310. The van der Waals surface area contributed by atoms with Crippen molar-refractivity contribution >= 4 is 39.3 Å². The highest BCUT2D eigenvalue weighted by Gasteiger charge is 2.29. The first-order valence-electron chi connectivity index (χ1n) is 10.2. The molecule has 6 nitrogen and oxygen atoms in total. The second-order valence-corrected chi connectivity index (χ2v) is 8.13. The van der Waals surface area contributed by atoms with Crippen molar-refractivity contribution in [3.63, 3.8) is 0 Å². The molecule has 3 aromatic rings. The van der Waals surface area contributed by atoms with E-state index in [1.54, 1.807) is 31.4 Å². The predicted octanol–water partition coefficient (Wildman–Crippen LogP) is 5.71. The lowest BCUT2D eigenvalue weighted by atomic mass is 10.1. The second kappa shape index (κ2) is 9.72. The highest BCUT2D eigenvalue weighted by atomic mass is 79.9. The summed E-state index contributed by atoms with van der Waals surface area (Å²) in [7, 11) is 1.56. The molecule has 4 rings (SSSR count). The molecule has 0 N–H and O–H groups in total. The molecule has 0 bridgehead atoms. The van der Waals surface area contributed by atoms with Crippen molar-refractivity contribution in [3.8, 4) is 17.6 Å². The summed E-state index contributed by atoms with van der Waals surface area (Å²) in [5.41, 5.74) is 3.94. The van der Waals surface area contributed by atoms with E-state index in [1.165, 1.54) is 5.01 Å². The van der Waals surface area contributed by atoms with Crippen molar-refractivity contribution in [2.75, 3.05) is 12.1 Å². The molecule has 1 heterocycles. The number of methoxy groups -OCH3 is 1. The van der Waals surface area contributed by atoms with Gasteiger partial charge in [-0.15, -0.1) is 0 Å². The van der Waals surface area contributed by atoms with E-state index in [1.807, 2.05) is 55.5 Å². The van der Waals surface area contributed by atoms with Crippen molar-refractivity contribution in [2.24, 2.45) is 5.10 Å². The van der Waals surface area contributed by atoms with Crippen LogP contribution in [0.2, 0.25) is 0 Å². The highest BCUT2D eigenvalue weighted by Crippen LogP contribution is 2.36. The van der Waals surface area contributed by atoms with Crippen LogP contribution in [0.4, 0.5) is 5.69 Å². The Morgan fingerprint density at radius 3 is 2.55 bits per heavy atom. The Morgan fingerprint density at radius 1 is 1.09 bits per heavy atom. The zero-order valence-electron chi connectivity index (χ0n) is 18.1. The Morgan fingerprint density at radius 2 is 1.82 bits per heavy atom. The number of halogens is 1. The predicted molar refractivity (Wildman–Crippen MR) is 131 cm³/mol. The maximum Gasteiger partial charge on any atom is 0.280 e. The summed E-state index contributed by atoms with van der Waals surface area (Å²) in [5, 5.41) is 15.1. The average molecular weight is 502 g/mol. The van der Waals surface area contributed by atoms with Crippen LogP contribution in [0.15, 0.2) is 81.9 Å². The molecule has 1 amide bonds. The smallest absolute Gasteiger partial charge is 0.280 e. The molecule has 0 aromatic heterocycles. The Hall–Kier alpha value is -3.89. The van der Waals surface area contributed by atoms with Gasteiger partial charge in [-0.1, -0.05) is 52.3 Å². The molecule has 0 unspecified atom stereocenters. The van der Waals surface area contributed by atoms with Gasteiger partial charge >= 0.3 is 0 Å². The standard InChI is InChI=1S/C26H20BrN3O3/c1-17-22(26(31)30(29-17)21-10-4-3-5-11-21)12-20-13-24(32-2)25(14-23(20)27)33-16-19-9-7-6-8-18(19)15-28/h3-14H,16H2,1-2H3/b22-12+. The van der Waals surface area contributed by atoms with Gasteiger partial charge in [-0.2, -0.15) is 15.4 Å². The third kappa shape index (κ3) is 4.66. The van der Waals surface area contributed by atoms with E-state index in [0.717, 1.165) is 15.6 Å². The number of para-hydroxylation sites is 1. The zero-order chi connectivity index (χ0) is 23.4. The van der Waals surface area contributed by atoms with Gasteiger partial charge in [0, 0.05) is 10.0 Å². The van der Waals surface area contributed by atoms with E-state index in [2.05, 4.69) is 27.1 Å². The molecular weight excluding hydrogens is 482 g/mol. The largest absolute Gasteiger partial charge is 0.493 e. The van der Waals surface area contributed by atoms with Gasteiger partial charge in [0.05, 0.1) is 35.7 Å². The molecule has 33 heavy (non-hydrogen) atoms. The number of hydrazone groups is 1. The number of carbonyl (C=O) groups is 1. The third-order valence-corrected chi connectivity index (χ3v) is 5.85. The Balaban J connectivity index is 1.61. The van der Waals surface area contributed by atoms with Crippen LogP contribution < -0.4 is 14.5 Å². The van der Waals surface area contributed by atoms with Gasteiger partial charge in [0.25, 0.3) is 5.91 Å². The second-order valence-electron chi connectivity index (χ2n) is 7.28. The SMILES string of the molecule is COc1cc(/C=C2/C(=O)N(c3ccccc3)N=C2C)c(Br)cc1OCc1ccccc1C#N. The molecule has 1 aliphatic rings. The topological polar surface area (TPSA) is 74.9 Å². The van der Waals surface area contributed by atoms with E-state index in [4.69, 9.17) is 9.47 Å². The molecule has 0 saturated heterocycles. The quantitative estimate of drug-likeness (QED) is 0.405. The Labute approximate surface area is 200 Å². The maximum atomic E-state index is 13.0. The molecule has 0 saturated carbocycles. The van der Waals surface area contributed by atoms with E-state index in [-0.39, 0.29) is 12.5 Å². The highest BCUT2D eigenvalue weighted by molar-refractivity contribution is 9.10. The minimum Gasteiger partial charge on any atom is -0.493 e. The molecule has 164 valence electrons. The van der Waals surface area contributed by atoms with Gasteiger partial charge in [0.1, 0.15) is 6.61 Å². The van der Waals surface area contributed by atoms with Crippen LogP contribution in [0.3, 0.4) is 0 Å². The first kappa shape index (κ1) is 22.3. The monoisotopic (exact) mass is 501 g/mol. The molecule has 0 atom stereocenters. The number of ether oxygens (including phenoxy) is 2. The number of anilines is 1. The fourth-order valence-corrected chi connectivity index (χ4v) is 3.87. The summed E-state index contributed by atoms with van der Waals surface area (Å²) in [6, 6.07) is 22.4. The number of hydrogen-bond donors (Lipinski definition) is 0. The van der Waals surface area contributed by atoms with Crippen LogP contribution in [0.1, 0.15) is 23.6 Å². The summed E-state index contributed by atoms with van der Waals surface area (Å²) in [4.78, 5) is 13.0. The number of carbonyl (C=O) groups excluding carboxylic acids is 1. The van der Waals surface area contributed by atoms with Gasteiger partial charge in [-0.25, -0.2) is 0 Å². The zero-order valence-corrected chi connectivity index (χ0v) is 19.7. The van der Waals surface area contributed by atoms with Crippen LogP contribution in [0.5, 0.6) is 11.5 Å². The van der Waals surface area contributed by atoms with Crippen LogP contribution in [-0.2, 0) is 11.4 Å². The van der Waals surface area contributed by atoms with E-state index in [9.17, 15) is 10.1 Å². The van der Waals surface area contributed by atoms with E-state index < -0.39 is 0 Å². The van der Waals surface area contributed by atoms with E-state index >= 15 is 0 Å². The lowest BCUT2D eigenvalue weighted by Gasteiger charge is -2.14. The number of benzene rings is 3. The molecule has 1 aliphatic heterocycles. The molecule has 7 heteroatoms. The van der Waals surface area contributed by atoms with Crippen LogP contribution in [-0.4, -0.2) is 18.7 Å². The molecular formula is C26H20BrN3O3. The molecule has 0 aliphatic carbocycles. The first-order chi connectivity index (χ1) is 16.0. The fourth-order valence-electron chi connectivity index (χ4n) is 3.43. The van der Waals surface area contributed by atoms with Crippen molar-refractivity contribution < 1.29 is 14.3 Å². The summed E-state index contributed by atoms with van der Waals surface area (Å²) in [5.74, 6) is 0.839. The number of hydrogen-bond acceptors (Lipinski definition) is 5. The summed E-state index contributed by atoms with van der Waals surface area (Å²) < 4.78 is 12.2. The fraction of sp³-hybridized carbons (Fsp3) is 0.115. The molecule has 0 spiro atoms.